The molecule has 0 fully saturated rings. The van der Waals surface area contributed by atoms with Gasteiger partial charge in [-0.3, -0.25) is 14.8 Å². The summed E-state index contributed by atoms with van der Waals surface area (Å²) >= 11 is 6.00. The summed E-state index contributed by atoms with van der Waals surface area (Å²) in [7, 11) is 0. The smallest absolute Gasteiger partial charge is 0.255 e. The van der Waals surface area contributed by atoms with Crippen LogP contribution in [0.25, 0.3) is 11.3 Å². The van der Waals surface area contributed by atoms with Crippen LogP contribution in [-0.4, -0.2) is 31.6 Å². The molecule has 0 radical (unpaired) electrons. The number of rotatable bonds is 3. The molecular weight excluding hydrogens is 374 g/mol. The van der Waals surface area contributed by atoms with Crippen molar-refractivity contribution >= 4 is 11.6 Å². The highest BCUT2D eigenvalue weighted by molar-refractivity contribution is 6.30. The Labute approximate surface area is 169 Å². The van der Waals surface area contributed by atoms with Gasteiger partial charge in [-0.05, 0) is 17.7 Å². The van der Waals surface area contributed by atoms with Crippen LogP contribution < -0.4 is 5.56 Å². The molecule has 1 aliphatic rings. The third kappa shape index (κ3) is 3.75. The first kappa shape index (κ1) is 18.9. The third-order valence-corrected chi connectivity index (χ3v) is 5.35. The van der Waals surface area contributed by atoms with Gasteiger partial charge in [-0.2, -0.15) is 5.10 Å². The van der Waals surface area contributed by atoms with Gasteiger partial charge in [0.2, 0.25) is 0 Å². The van der Waals surface area contributed by atoms with E-state index < -0.39 is 0 Å². The first-order chi connectivity index (χ1) is 13.3. The summed E-state index contributed by atoms with van der Waals surface area (Å²) in [5.41, 5.74) is 4.63. The van der Waals surface area contributed by atoms with Gasteiger partial charge in [0.25, 0.3) is 5.56 Å². The van der Waals surface area contributed by atoms with Crippen molar-refractivity contribution in [1.29, 1.82) is 0 Å². The number of nitrogens with zero attached hydrogens (tertiary/aromatic N) is 3. The number of H-pyrrole nitrogens is 2. The zero-order valence-corrected chi connectivity index (χ0v) is 17.1. The van der Waals surface area contributed by atoms with Gasteiger partial charge in [-0.15, -0.1) is 0 Å². The van der Waals surface area contributed by atoms with Gasteiger partial charge < -0.3 is 4.98 Å². The highest BCUT2D eigenvalue weighted by atomic mass is 35.5. The molecule has 146 valence electrons. The van der Waals surface area contributed by atoms with Gasteiger partial charge in [0.1, 0.15) is 5.82 Å². The predicted octanol–water partition coefficient (Wildman–Crippen LogP) is 3.67. The van der Waals surface area contributed by atoms with Crippen LogP contribution in [-0.2, 0) is 24.9 Å². The van der Waals surface area contributed by atoms with Gasteiger partial charge in [-0.25, -0.2) is 4.98 Å². The molecule has 1 aromatic carbocycles. The third-order valence-electron chi connectivity index (χ3n) is 5.10. The van der Waals surface area contributed by atoms with E-state index in [1.165, 1.54) is 0 Å². The van der Waals surface area contributed by atoms with Crippen molar-refractivity contribution in [3.05, 3.63) is 68.5 Å². The fraction of sp³-hybridized carbons (Fsp3) is 0.381. The average Bonchev–Trinajstić information content (AvgIpc) is 3.10. The van der Waals surface area contributed by atoms with Crippen LogP contribution in [0.1, 0.15) is 43.4 Å². The molecule has 2 N–H and O–H groups in total. The quantitative estimate of drug-likeness (QED) is 0.706. The van der Waals surface area contributed by atoms with Crippen molar-refractivity contribution in [2.24, 2.45) is 0 Å². The van der Waals surface area contributed by atoms with E-state index in [0.717, 1.165) is 46.9 Å². The van der Waals surface area contributed by atoms with Crippen molar-refractivity contribution < 1.29 is 0 Å². The van der Waals surface area contributed by atoms with Crippen LogP contribution >= 0.6 is 11.6 Å². The second kappa shape index (κ2) is 7.18. The second-order valence-corrected chi connectivity index (χ2v) is 8.76. The average molecular weight is 398 g/mol. The lowest BCUT2D eigenvalue weighted by Gasteiger charge is -2.28. The molecule has 7 heteroatoms. The lowest BCUT2D eigenvalue weighted by atomic mass is 9.95. The summed E-state index contributed by atoms with van der Waals surface area (Å²) in [4.78, 5) is 22.6. The predicted molar refractivity (Wildman–Crippen MR) is 110 cm³/mol. The van der Waals surface area contributed by atoms with Crippen LogP contribution in [0.15, 0.2) is 35.3 Å². The highest BCUT2D eigenvalue weighted by Crippen LogP contribution is 2.26. The molecule has 2 aromatic heterocycles. The molecule has 3 aromatic rings. The molecule has 0 atom stereocenters. The summed E-state index contributed by atoms with van der Waals surface area (Å²) in [5.74, 6) is 0.754. The zero-order chi connectivity index (χ0) is 19.9. The van der Waals surface area contributed by atoms with E-state index in [9.17, 15) is 4.79 Å². The van der Waals surface area contributed by atoms with Gasteiger partial charge in [0.05, 0.1) is 23.1 Å². The molecule has 1 aliphatic heterocycles. The van der Waals surface area contributed by atoms with E-state index in [4.69, 9.17) is 16.6 Å². The summed E-state index contributed by atoms with van der Waals surface area (Å²) in [6.07, 6.45) is 2.63. The molecule has 0 aliphatic carbocycles. The fourth-order valence-electron chi connectivity index (χ4n) is 3.51. The molecule has 0 amide bonds. The molecule has 0 saturated carbocycles. The Kier molecular flexibility index (Phi) is 4.85. The molecule has 4 rings (SSSR count). The Hall–Kier alpha value is -2.44. The topological polar surface area (TPSA) is 77.7 Å². The Morgan fingerprint density at radius 1 is 1.21 bits per heavy atom. The van der Waals surface area contributed by atoms with E-state index in [0.29, 0.717) is 18.1 Å². The van der Waals surface area contributed by atoms with Crippen LogP contribution in [0, 0.1) is 0 Å². The fourth-order valence-corrected chi connectivity index (χ4v) is 3.64. The Morgan fingerprint density at radius 3 is 2.68 bits per heavy atom. The van der Waals surface area contributed by atoms with Crippen molar-refractivity contribution in [3.63, 3.8) is 0 Å². The van der Waals surface area contributed by atoms with Gasteiger partial charge in [-0.1, -0.05) is 44.5 Å². The molecule has 28 heavy (non-hydrogen) atoms. The Balaban J connectivity index is 1.56. The second-order valence-electron chi connectivity index (χ2n) is 8.33. The minimum atomic E-state index is -0.171. The number of aromatic nitrogens is 4. The van der Waals surface area contributed by atoms with Crippen LogP contribution in [0.3, 0.4) is 0 Å². The number of benzene rings is 1. The monoisotopic (exact) mass is 397 g/mol. The SMILES string of the molecule is CC(C)(C)c1nc2c(c(=O)[nH]1)CN(Cc1cn[nH]c1-c1ccc(Cl)cc1)CC2. The van der Waals surface area contributed by atoms with Crippen molar-refractivity contribution in [2.75, 3.05) is 6.54 Å². The maximum Gasteiger partial charge on any atom is 0.255 e. The maximum atomic E-state index is 12.6. The molecule has 0 saturated heterocycles. The summed E-state index contributed by atoms with van der Waals surface area (Å²) in [5, 5.41) is 8.01. The standard InChI is InChI=1S/C21H24ClN5O/c1-21(2,3)20-24-17-8-9-27(12-16(17)19(28)25-20)11-14-10-23-26-18(14)13-4-6-15(22)7-5-13/h4-7,10H,8-9,11-12H2,1-3H3,(H,23,26)(H,24,25,28). The number of hydrogen-bond acceptors (Lipinski definition) is 4. The van der Waals surface area contributed by atoms with E-state index in [1.807, 2.05) is 30.5 Å². The largest absolute Gasteiger partial charge is 0.310 e. The first-order valence-electron chi connectivity index (χ1n) is 9.44. The normalized spacial score (nSPS) is 14.9. The lowest BCUT2D eigenvalue weighted by Crippen LogP contribution is -2.37. The minimum absolute atomic E-state index is 0.0234. The highest BCUT2D eigenvalue weighted by Gasteiger charge is 2.25. The zero-order valence-electron chi connectivity index (χ0n) is 16.3. The van der Waals surface area contributed by atoms with E-state index in [1.54, 1.807) is 0 Å². The van der Waals surface area contributed by atoms with Gasteiger partial charge >= 0.3 is 0 Å². The lowest BCUT2D eigenvalue weighted by molar-refractivity contribution is 0.241. The van der Waals surface area contributed by atoms with Crippen molar-refractivity contribution in [3.8, 4) is 11.3 Å². The summed E-state index contributed by atoms with van der Waals surface area (Å²) in [6.45, 7) is 8.35. The van der Waals surface area contributed by atoms with E-state index in [2.05, 4.69) is 40.9 Å². The molecule has 0 unspecified atom stereocenters. The van der Waals surface area contributed by atoms with Crippen LogP contribution in [0.5, 0.6) is 0 Å². The van der Waals surface area contributed by atoms with Crippen LogP contribution in [0.4, 0.5) is 0 Å². The number of halogens is 1. The van der Waals surface area contributed by atoms with Crippen molar-refractivity contribution in [2.45, 2.75) is 45.7 Å². The number of hydrogen-bond donors (Lipinski definition) is 2. The number of aromatic amines is 2. The minimum Gasteiger partial charge on any atom is -0.310 e. The van der Waals surface area contributed by atoms with E-state index in [-0.39, 0.29) is 11.0 Å². The van der Waals surface area contributed by atoms with E-state index >= 15 is 0 Å². The molecule has 0 spiro atoms. The van der Waals surface area contributed by atoms with Gasteiger partial charge in [0.15, 0.2) is 0 Å². The number of nitrogens with one attached hydrogen (secondary N) is 2. The number of fused-ring (bicyclic) bond motifs is 1. The Morgan fingerprint density at radius 2 is 1.96 bits per heavy atom. The first-order valence-corrected chi connectivity index (χ1v) is 9.82. The van der Waals surface area contributed by atoms with Gasteiger partial charge in [0, 0.05) is 42.1 Å². The molecule has 3 heterocycles. The molecule has 6 nitrogen and oxygen atoms in total. The Bertz CT molecular complexity index is 1050. The van der Waals surface area contributed by atoms with Crippen molar-refractivity contribution in [1.82, 2.24) is 25.1 Å². The van der Waals surface area contributed by atoms with Crippen LogP contribution in [0.2, 0.25) is 5.02 Å². The summed E-state index contributed by atoms with van der Waals surface area (Å²) < 4.78 is 0. The summed E-state index contributed by atoms with van der Waals surface area (Å²) in [6, 6.07) is 7.70. The molecular formula is C21H24ClN5O. The molecule has 0 bridgehead atoms. The maximum absolute atomic E-state index is 12.6.